The van der Waals surface area contributed by atoms with Crippen molar-refractivity contribution in [2.45, 2.75) is 24.8 Å². The molecule has 1 atom stereocenters. The van der Waals surface area contributed by atoms with Crippen molar-refractivity contribution in [1.29, 1.82) is 0 Å². The molecule has 0 saturated carbocycles. The molecule has 0 fully saturated rings. The zero-order valence-corrected chi connectivity index (χ0v) is 15.5. The van der Waals surface area contributed by atoms with Gasteiger partial charge in [-0.05, 0) is 49.7 Å². The largest absolute Gasteiger partial charge is 0.454 e. The molecule has 0 radical (unpaired) electrons. The number of carbonyl (C=O) groups excluding carboxylic acids is 2. The van der Waals surface area contributed by atoms with Gasteiger partial charge in [-0.2, -0.15) is 4.72 Å². The molecule has 9 heteroatoms. The molecule has 27 heavy (non-hydrogen) atoms. The van der Waals surface area contributed by atoms with E-state index in [1.165, 1.54) is 6.92 Å². The highest BCUT2D eigenvalue weighted by Gasteiger charge is 2.23. The van der Waals surface area contributed by atoms with E-state index in [-0.39, 0.29) is 4.90 Å². The van der Waals surface area contributed by atoms with E-state index < -0.39 is 40.4 Å². The number of ether oxygens (including phenoxy) is 1. The van der Waals surface area contributed by atoms with Gasteiger partial charge in [-0.3, -0.25) is 9.59 Å². The van der Waals surface area contributed by atoms with Crippen LogP contribution in [-0.4, -0.2) is 32.9 Å². The van der Waals surface area contributed by atoms with Crippen molar-refractivity contribution >= 4 is 27.6 Å². The molecule has 0 unspecified atom stereocenters. The summed E-state index contributed by atoms with van der Waals surface area (Å²) in [7, 11) is -4.03. The van der Waals surface area contributed by atoms with E-state index in [4.69, 9.17) is 4.74 Å². The van der Waals surface area contributed by atoms with Crippen LogP contribution in [0.15, 0.2) is 53.4 Å². The number of sulfonamides is 1. The Bertz CT molecular complexity index is 929. The van der Waals surface area contributed by atoms with Crippen molar-refractivity contribution < 1.29 is 27.1 Å². The average Bonchev–Trinajstić information content (AvgIpc) is 2.61. The van der Waals surface area contributed by atoms with Crippen LogP contribution in [-0.2, 0) is 24.3 Å². The van der Waals surface area contributed by atoms with Crippen LogP contribution in [0.5, 0.6) is 0 Å². The lowest BCUT2D eigenvalue weighted by atomic mass is 10.2. The van der Waals surface area contributed by atoms with Crippen molar-refractivity contribution in [2.75, 3.05) is 11.9 Å². The minimum absolute atomic E-state index is 0.194. The van der Waals surface area contributed by atoms with Crippen molar-refractivity contribution in [3.63, 3.8) is 0 Å². The number of carbonyl (C=O) groups is 2. The van der Waals surface area contributed by atoms with Gasteiger partial charge in [-0.15, -0.1) is 0 Å². The summed E-state index contributed by atoms with van der Waals surface area (Å²) in [5.74, 6) is -2.05. The monoisotopic (exact) mass is 394 g/mol. The molecule has 0 aliphatic carbocycles. The first kappa shape index (κ1) is 20.5. The molecule has 7 nitrogen and oxygen atoms in total. The minimum atomic E-state index is -4.03. The summed E-state index contributed by atoms with van der Waals surface area (Å²) in [5.41, 5.74) is 1.43. The maximum Gasteiger partial charge on any atom is 0.324 e. The minimum Gasteiger partial charge on any atom is -0.454 e. The third-order valence-electron chi connectivity index (χ3n) is 3.57. The highest BCUT2D eigenvalue weighted by atomic mass is 32.2. The number of halogens is 1. The second-order valence-corrected chi connectivity index (χ2v) is 7.48. The van der Waals surface area contributed by atoms with Gasteiger partial charge in [0.2, 0.25) is 10.0 Å². The molecule has 0 aromatic heterocycles. The highest BCUT2D eigenvalue weighted by Crippen LogP contribution is 2.13. The number of hydrogen-bond donors (Lipinski definition) is 2. The Balaban J connectivity index is 1.89. The summed E-state index contributed by atoms with van der Waals surface area (Å²) >= 11 is 0. The molecular weight excluding hydrogens is 375 g/mol. The van der Waals surface area contributed by atoms with E-state index in [2.05, 4.69) is 10.0 Å². The SMILES string of the molecule is Cc1ccccc1NC(=O)COC(=O)[C@H](C)NS(=O)(=O)c1ccc(F)cc1. The van der Waals surface area contributed by atoms with E-state index in [0.29, 0.717) is 5.69 Å². The van der Waals surface area contributed by atoms with Crippen LogP contribution < -0.4 is 10.0 Å². The van der Waals surface area contributed by atoms with Crippen molar-refractivity contribution in [3.05, 3.63) is 59.9 Å². The highest BCUT2D eigenvalue weighted by molar-refractivity contribution is 7.89. The summed E-state index contributed by atoms with van der Waals surface area (Å²) in [6, 6.07) is 9.99. The first-order chi connectivity index (χ1) is 12.7. The van der Waals surface area contributed by atoms with E-state index in [1.807, 2.05) is 19.1 Å². The molecule has 0 bridgehead atoms. The molecule has 2 N–H and O–H groups in total. The molecule has 2 rings (SSSR count). The Labute approximate surface area is 156 Å². The fourth-order valence-corrected chi connectivity index (χ4v) is 3.32. The van der Waals surface area contributed by atoms with E-state index in [9.17, 15) is 22.4 Å². The van der Waals surface area contributed by atoms with Gasteiger partial charge in [0.1, 0.15) is 11.9 Å². The van der Waals surface area contributed by atoms with Gasteiger partial charge in [0.25, 0.3) is 5.91 Å². The summed E-state index contributed by atoms with van der Waals surface area (Å²) < 4.78 is 44.2. The van der Waals surface area contributed by atoms with Gasteiger partial charge in [0.05, 0.1) is 4.90 Å². The second kappa shape index (κ2) is 8.74. The molecule has 1 amide bonds. The Hall–Kier alpha value is -2.78. The third kappa shape index (κ3) is 5.87. The van der Waals surface area contributed by atoms with Crippen molar-refractivity contribution in [2.24, 2.45) is 0 Å². The van der Waals surface area contributed by atoms with Gasteiger partial charge in [0.15, 0.2) is 6.61 Å². The van der Waals surface area contributed by atoms with Crippen LogP contribution >= 0.6 is 0 Å². The number of amides is 1. The molecule has 0 saturated heterocycles. The fraction of sp³-hybridized carbons (Fsp3) is 0.222. The maximum absolute atomic E-state index is 12.9. The lowest BCUT2D eigenvalue weighted by Gasteiger charge is -2.14. The second-order valence-electron chi connectivity index (χ2n) is 5.77. The Morgan fingerprint density at radius 2 is 1.74 bits per heavy atom. The summed E-state index contributed by atoms with van der Waals surface area (Å²) in [5, 5.41) is 2.59. The van der Waals surface area contributed by atoms with Crippen LogP contribution in [0, 0.1) is 12.7 Å². The van der Waals surface area contributed by atoms with Gasteiger partial charge in [0, 0.05) is 5.69 Å². The summed E-state index contributed by atoms with van der Waals surface area (Å²) in [4.78, 5) is 23.6. The normalized spacial score (nSPS) is 12.3. The first-order valence-electron chi connectivity index (χ1n) is 7.99. The third-order valence-corrected chi connectivity index (χ3v) is 5.13. The number of anilines is 1. The molecular formula is C18H19FN2O5S. The van der Waals surface area contributed by atoms with Crippen LogP contribution in [0.4, 0.5) is 10.1 Å². The quantitative estimate of drug-likeness (QED) is 0.700. The molecule has 0 spiro atoms. The van der Waals surface area contributed by atoms with Crippen molar-refractivity contribution in [1.82, 2.24) is 4.72 Å². The number of aryl methyl sites for hydroxylation is 1. The fourth-order valence-electron chi connectivity index (χ4n) is 2.12. The maximum atomic E-state index is 12.9. The molecule has 2 aromatic rings. The predicted octanol–water partition coefficient (Wildman–Crippen LogP) is 1.98. The molecule has 144 valence electrons. The van der Waals surface area contributed by atoms with Gasteiger partial charge >= 0.3 is 5.97 Å². The van der Waals surface area contributed by atoms with Gasteiger partial charge in [-0.25, -0.2) is 12.8 Å². The molecule has 0 aliphatic heterocycles. The van der Waals surface area contributed by atoms with E-state index in [0.717, 1.165) is 29.8 Å². The predicted molar refractivity (Wildman–Crippen MR) is 97.0 cm³/mol. The zero-order chi connectivity index (χ0) is 20.0. The lowest BCUT2D eigenvalue weighted by molar-refractivity contribution is -0.148. The Morgan fingerprint density at radius 3 is 2.37 bits per heavy atom. The number of rotatable bonds is 7. The summed E-state index contributed by atoms with van der Waals surface area (Å²) in [6.45, 7) is 2.53. The van der Waals surface area contributed by atoms with Gasteiger partial charge in [-0.1, -0.05) is 18.2 Å². The smallest absolute Gasteiger partial charge is 0.324 e. The van der Waals surface area contributed by atoms with Crippen LogP contribution in [0.25, 0.3) is 0 Å². The standard InChI is InChI=1S/C18H19FN2O5S/c1-12-5-3-4-6-16(12)20-17(22)11-26-18(23)13(2)21-27(24,25)15-9-7-14(19)8-10-15/h3-10,13,21H,11H2,1-2H3,(H,20,22)/t13-/m0/s1. The van der Waals surface area contributed by atoms with Gasteiger partial charge < -0.3 is 10.1 Å². The van der Waals surface area contributed by atoms with Crippen LogP contribution in [0.1, 0.15) is 12.5 Å². The number of nitrogens with one attached hydrogen (secondary N) is 2. The number of para-hydroxylation sites is 1. The van der Waals surface area contributed by atoms with E-state index in [1.54, 1.807) is 12.1 Å². The Kier molecular flexibility index (Phi) is 6.65. The topological polar surface area (TPSA) is 102 Å². The Morgan fingerprint density at radius 1 is 1.11 bits per heavy atom. The number of hydrogen-bond acceptors (Lipinski definition) is 5. The molecule has 0 aliphatic rings. The summed E-state index contributed by atoms with van der Waals surface area (Å²) in [6.07, 6.45) is 0. The van der Waals surface area contributed by atoms with Crippen molar-refractivity contribution in [3.8, 4) is 0 Å². The molecule has 2 aromatic carbocycles. The first-order valence-corrected chi connectivity index (χ1v) is 9.47. The number of benzene rings is 2. The molecule has 0 heterocycles. The van der Waals surface area contributed by atoms with E-state index >= 15 is 0 Å². The lowest BCUT2D eigenvalue weighted by Crippen LogP contribution is -2.40. The average molecular weight is 394 g/mol. The zero-order valence-electron chi connectivity index (χ0n) is 14.7. The number of esters is 1. The van der Waals surface area contributed by atoms with Crippen LogP contribution in [0.2, 0.25) is 0 Å². The van der Waals surface area contributed by atoms with Crippen LogP contribution in [0.3, 0.4) is 0 Å².